The molecule has 6 heteroatoms. The van der Waals surface area contributed by atoms with Crippen LogP contribution in [-0.4, -0.2) is 22.0 Å². The van der Waals surface area contributed by atoms with E-state index in [1.165, 1.54) is 11.3 Å². The number of hydrogen-bond acceptors (Lipinski definition) is 4. The van der Waals surface area contributed by atoms with Crippen molar-refractivity contribution in [2.75, 3.05) is 5.32 Å². The van der Waals surface area contributed by atoms with E-state index < -0.39 is 5.97 Å². The predicted octanol–water partition coefficient (Wildman–Crippen LogP) is 2.96. The third-order valence-corrected chi connectivity index (χ3v) is 4.37. The zero-order valence-corrected chi connectivity index (χ0v) is 13.4. The second kappa shape index (κ2) is 7.17. The molecule has 0 unspecified atom stereocenters. The van der Waals surface area contributed by atoms with Crippen LogP contribution >= 0.6 is 11.3 Å². The Morgan fingerprint density at radius 1 is 1.23 bits per heavy atom. The van der Waals surface area contributed by atoms with E-state index in [-0.39, 0.29) is 18.7 Å². The molecule has 0 spiro atoms. The molecule has 2 N–H and O–H groups in total. The van der Waals surface area contributed by atoms with Crippen molar-refractivity contribution in [2.45, 2.75) is 33.1 Å². The minimum absolute atomic E-state index is 0.0814. The van der Waals surface area contributed by atoms with Crippen molar-refractivity contribution in [1.29, 1.82) is 0 Å². The van der Waals surface area contributed by atoms with E-state index in [4.69, 9.17) is 5.11 Å². The van der Waals surface area contributed by atoms with Crippen LogP contribution in [0.25, 0.3) is 0 Å². The van der Waals surface area contributed by atoms with Gasteiger partial charge in [0.1, 0.15) is 5.01 Å². The largest absolute Gasteiger partial charge is 0.481 e. The predicted molar refractivity (Wildman–Crippen MR) is 86.3 cm³/mol. The Hall–Kier alpha value is -2.21. The van der Waals surface area contributed by atoms with Gasteiger partial charge in [-0.3, -0.25) is 9.59 Å². The van der Waals surface area contributed by atoms with Gasteiger partial charge in [-0.15, -0.1) is 11.3 Å². The molecule has 0 aliphatic carbocycles. The number of carboxylic acids is 1. The highest BCUT2D eigenvalue weighted by atomic mass is 32.1. The van der Waals surface area contributed by atoms with Crippen LogP contribution in [0.4, 0.5) is 5.69 Å². The second-order valence-electron chi connectivity index (χ2n) is 5.10. The minimum Gasteiger partial charge on any atom is -0.481 e. The lowest BCUT2D eigenvalue weighted by Crippen LogP contribution is -2.14. The molecule has 2 rings (SSSR count). The molecule has 1 amide bonds. The fourth-order valence-corrected chi connectivity index (χ4v) is 3.06. The molecule has 22 heavy (non-hydrogen) atoms. The van der Waals surface area contributed by atoms with Crippen molar-refractivity contribution in [3.05, 3.63) is 45.4 Å². The van der Waals surface area contributed by atoms with Crippen molar-refractivity contribution in [3.63, 3.8) is 0 Å². The molecule has 0 saturated carbocycles. The van der Waals surface area contributed by atoms with Crippen molar-refractivity contribution in [2.24, 2.45) is 0 Å². The average Bonchev–Trinajstić information content (AvgIpc) is 2.79. The Kier molecular flexibility index (Phi) is 5.27. The molecule has 0 bridgehead atoms. The lowest BCUT2D eigenvalue weighted by molar-refractivity contribution is -0.136. The van der Waals surface area contributed by atoms with E-state index in [1.54, 1.807) is 0 Å². The summed E-state index contributed by atoms with van der Waals surface area (Å²) in [6.45, 7) is 3.83. The monoisotopic (exact) mass is 318 g/mol. The number of benzene rings is 1. The molecule has 0 radical (unpaired) electrons. The molecule has 0 fully saturated rings. The van der Waals surface area contributed by atoms with E-state index >= 15 is 0 Å². The normalized spacial score (nSPS) is 10.5. The quantitative estimate of drug-likeness (QED) is 0.858. The smallest absolute Gasteiger partial charge is 0.303 e. The maximum Gasteiger partial charge on any atom is 0.303 e. The molecular weight excluding hydrogens is 300 g/mol. The minimum atomic E-state index is -0.827. The molecule has 0 atom stereocenters. The highest BCUT2D eigenvalue weighted by Crippen LogP contribution is 2.20. The lowest BCUT2D eigenvalue weighted by Gasteiger charge is -2.03. The van der Waals surface area contributed by atoms with Crippen LogP contribution in [0.1, 0.15) is 27.6 Å². The van der Waals surface area contributed by atoms with Gasteiger partial charge in [-0.05, 0) is 32.4 Å². The first kappa shape index (κ1) is 16.2. The van der Waals surface area contributed by atoms with Gasteiger partial charge in [0, 0.05) is 10.6 Å². The first-order chi connectivity index (χ1) is 10.4. The Balaban J connectivity index is 1.95. The molecule has 1 aromatic heterocycles. The van der Waals surface area contributed by atoms with Gasteiger partial charge in [0.2, 0.25) is 5.91 Å². The molecule has 0 aliphatic heterocycles. The third-order valence-electron chi connectivity index (χ3n) is 3.15. The summed E-state index contributed by atoms with van der Waals surface area (Å²) < 4.78 is 0. The molecule has 1 heterocycles. The summed E-state index contributed by atoms with van der Waals surface area (Å²) in [5.41, 5.74) is 2.70. The van der Waals surface area contributed by atoms with Gasteiger partial charge in [-0.2, -0.15) is 0 Å². The highest BCUT2D eigenvalue weighted by molar-refractivity contribution is 7.11. The number of aromatic nitrogens is 1. The fourth-order valence-electron chi connectivity index (χ4n) is 2.00. The number of rotatable bonds is 6. The summed E-state index contributed by atoms with van der Waals surface area (Å²) in [6.07, 6.45) is 0.739. The molecule has 1 aromatic carbocycles. The molecule has 116 valence electrons. The summed E-state index contributed by atoms with van der Waals surface area (Å²) >= 11 is 1.41. The van der Waals surface area contributed by atoms with Crippen LogP contribution in [0.3, 0.4) is 0 Å². The van der Waals surface area contributed by atoms with Gasteiger partial charge in [-0.1, -0.05) is 17.7 Å². The van der Waals surface area contributed by atoms with Gasteiger partial charge >= 0.3 is 5.97 Å². The summed E-state index contributed by atoms with van der Waals surface area (Å²) in [6, 6.07) is 7.59. The number of nitrogens with one attached hydrogen (secondary N) is 1. The number of hydrogen-bond donors (Lipinski definition) is 2. The molecule has 0 saturated heterocycles. The fraction of sp³-hybridized carbons (Fsp3) is 0.312. The van der Waals surface area contributed by atoms with Crippen LogP contribution < -0.4 is 5.32 Å². The van der Waals surface area contributed by atoms with Crippen LogP contribution in [0.2, 0.25) is 0 Å². The SMILES string of the molecule is Cc1ccc(NC(=O)Cc2nc(C)c(CCC(=O)O)s2)cc1. The van der Waals surface area contributed by atoms with Crippen LogP contribution in [0.15, 0.2) is 24.3 Å². The van der Waals surface area contributed by atoms with Crippen LogP contribution in [-0.2, 0) is 22.4 Å². The maximum absolute atomic E-state index is 12.0. The number of amides is 1. The lowest BCUT2D eigenvalue weighted by atomic mass is 10.2. The van der Waals surface area contributed by atoms with Gasteiger partial charge in [0.15, 0.2) is 0 Å². The van der Waals surface area contributed by atoms with Gasteiger partial charge in [0.25, 0.3) is 0 Å². The number of thiazole rings is 1. The van der Waals surface area contributed by atoms with Crippen molar-refractivity contribution < 1.29 is 14.7 Å². The highest BCUT2D eigenvalue weighted by Gasteiger charge is 2.12. The topological polar surface area (TPSA) is 79.3 Å². The number of aliphatic carboxylic acids is 1. The van der Waals surface area contributed by atoms with Crippen molar-refractivity contribution >= 4 is 28.9 Å². The molecule has 0 aliphatic rings. The second-order valence-corrected chi connectivity index (χ2v) is 6.27. The maximum atomic E-state index is 12.0. The third kappa shape index (κ3) is 4.66. The Bertz CT molecular complexity index is 677. The zero-order valence-electron chi connectivity index (χ0n) is 12.5. The van der Waals surface area contributed by atoms with Gasteiger partial charge in [-0.25, -0.2) is 4.98 Å². The van der Waals surface area contributed by atoms with Gasteiger partial charge < -0.3 is 10.4 Å². The number of anilines is 1. The van der Waals surface area contributed by atoms with E-state index in [0.717, 1.165) is 21.8 Å². The Morgan fingerprint density at radius 3 is 2.55 bits per heavy atom. The van der Waals surface area contributed by atoms with E-state index in [2.05, 4.69) is 10.3 Å². The molecule has 5 nitrogen and oxygen atoms in total. The van der Waals surface area contributed by atoms with Crippen molar-refractivity contribution in [1.82, 2.24) is 4.98 Å². The van der Waals surface area contributed by atoms with Crippen LogP contribution in [0, 0.1) is 13.8 Å². The number of aryl methyl sites for hydroxylation is 3. The Labute approximate surface area is 133 Å². The number of carboxylic acid groups (broad SMARTS) is 1. The first-order valence-electron chi connectivity index (χ1n) is 6.97. The Morgan fingerprint density at radius 2 is 1.91 bits per heavy atom. The molecule has 2 aromatic rings. The van der Waals surface area contributed by atoms with Gasteiger partial charge in [0.05, 0.1) is 18.5 Å². The molecular formula is C16H18N2O3S. The first-order valence-corrected chi connectivity index (χ1v) is 7.79. The summed E-state index contributed by atoms with van der Waals surface area (Å²) in [7, 11) is 0. The van der Waals surface area contributed by atoms with E-state index in [1.807, 2.05) is 38.1 Å². The summed E-state index contributed by atoms with van der Waals surface area (Å²) in [5, 5.41) is 12.3. The number of nitrogens with zero attached hydrogens (tertiary/aromatic N) is 1. The van der Waals surface area contributed by atoms with E-state index in [0.29, 0.717) is 11.4 Å². The zero-order chi connectivity index (χ0) is 16.1. The average molecular weight is 318 g/mol. The van der Waals surface area contributed by atoms with Crippen LogP contribution in [0.5, 0.6) is 0 Å². The standard InChI is InChI=1S/C16H18N2O3S/c1-10-3-5-12(6-4-10)18-14(19)9-15-17-11(2)13(22-15)7-8-16(20)21/h3-6H,7-9H2,1-2H3,(H,18,19)(H,20,21). The summed E-state index contributed by atoms with van der Waals surface area (Å²) in [5.74, 6) is -0.950. The van der Waals surface area contributed by atoms with E-state index in [9.17, 15) is 9.59 Å². The number of carbonyl (C=O) groups is 2. The van der Waals surface area contributed by atoms with Crippen molar-refractivity contribution in [3.8, 4) is 0 Å². The number of carbonyl (C=O) groups excluding carboxylic acids is 1. The summed E-state index contributed by atoms with van der Waals surface area (Å²) in [4.78, 5) is 27.9.